The minimum atomic E-state index is -0.666. The van der Waals surface area contributed by atoms with Crippen molar-refractivity contribution in [2.24, 2.45) is 0 Å². The van der Waals surface area contributed by atoms with Gasteiger partial charge < -0.3 is 14.3 Å². The zero-order chi connectivity index (χ0) is 17.4. The minimum Gasteiger partial charge on any atom is -0.508 e. The molecule has 2 aromatic heterocycles. The van der Waals surface area contributed by atoms with Crippen molar-refractivity contribution in [3.8, 4) is 11.5 Å². The van der Waals surface area contributed by atoms with Gasteiger partial charge in [0.1, 0.15) is 17.1 Å². The fourth-order valence-corrected chi connectivity index (χ4v) is 2.53. The Labute approximate surface area is 140 Å². The van der Waals surface area contributed by atoms with Crippen LogP contribution in [0.3, 0.4) is 0 Å². The van der Waals surface area contributed by atoms with Crippen molar-refractivity contribution in [2.45, 2.75) is 0 Å². The van der Waals surface area contributed by atoms with E-state index in [1.165, 1.54) is 36.8 Å². The number of phenols is 1. The third kappa shape index (κ3) is 2.67. The SMILES string of the molecule is O=C(Oc1ccc2c(c1)oc(=O)c1cc(O)ccc12)c1cnccn1. The molecule has 4 aromatic rings. The molecule has 122 valence electrons. The molecule has 0 radical (unpaired) electrons. The maximum absolute atomic E-state index is 12.1. The van der Waals surface area contributed by atoms with Gasteiger partial charge in [0.15, 0.2) is 5.69 Å². The highest BCUT2D eigenvalue weighted by Crippen LogP contribution is 2.28. The predicted molar refractivity (Wildman–Crippen MR) is 88.6 cm³/mol. The smallest absolute Gasteiger partial charge is 0.363 e. The van der Waals surface area contributed by atoms with E-state index in [0.717, 1.165) is 0 Å². The molecule has 7 nitrogen and oxygen atoms in total. The van der Waals surface area contributed by atoms with E-state index in [1.807, 2.05) is 0 Å². The second kappa shape index (κ2) is 5.72. The number of phenolic OH excluding ortho intramolecular Hbond substituents is 1. The van der Waals surface area contributed by atoms with E-state index in [2.05, 4.69) is 9.97 Å². The fraction of sp³-hybridized carbons (Fsp3) is 0. The second-order valence-corrected chi connectivity index (χ2v) is 5.26. The zero-order valence-electron chi connectivity index (χ0n) is 12.7. The molecule has 0 aliphatic heterocycles. The maximum atomic E-state index is 12.1. The Kier molecular flexibility index (Phi) is 3.39. The molecular formula is C18H10N2O5. The quantitative estimate of drug-likeness (QED) is 0.260. The van der Waals surface area contributed by atoms with E-state index in [0.29, 0.717) is 10.8 Å². The van der Waals surface area contributed by atoms with Crippen molar-refractivity contribution in [3.05, 3.63) is 71.1 Å². The van der Waals surface area contributed by atoms with Crippen molar-refractivity contribution in [2.75, 3.05) is 0 Å². The zero-order valence-corrected chi connectivity index (χ0v) is 12.7. The van der Waals surface area contributed by atoms with Crippen LogP contribution in [0.4, 0.5) is 0 Å². The highest BCUT2D eigenvalue weighted by molar-refractivity contribution is 6.05. The number of carbonyl (C=O) groups excluding carboxylic acids is 1. The van der Waals surface area contributed by atoms with E-state index >= 15 is 0 Å². The summed E-state index contributed by atoms with van der Waals surface area (Å²) < 4.78 is 10.5. The summed E-state index contributed by atoms with van der Waals surface area (Å²) in [5.41, 5.74) is -0.249. The number of aromatic nitrogens is 2. The van der Waals surface area contributed by atoms with Crippen LogP contribution in [0.5, 0.6) is 11.5 Å². The number of nitrogens with zero attached hydrogens (tertiary/aromatic N) is 2. The monoisotopic (exact) mass is 334 g/mol. The van der Waals surface area contributed by atoms with Crippen LogP contribution in [0.25, 0.3) is 21.7 Å². The lowest BCUT2D eigenvalue weighted by Crippen LogP contribution is -2.10. The van der Waals surface area contributed by atoms with Gasteiger partial charge in [-0.3, -0.25) is 4.98 Å². The highest BCUT2D eigenvalue weighted by atomic mass is 16.5. The van der Waals surface area contributed by atoms with E-state index in [4.69, 9.17) is 9.15 Å². The first kappa shape index (κ1) is 14.8. The lowest BCUT2D eigenvalue weighted by molar-refractivity contribution is 0.0728. The van der Waals surface area contributed by atoms with E-state index in [-0.39, 0.29) is 28.2 Å². The second-order valence-electron chi connectivity index (χ2n) is 5.26. The number of rotatable bonds is 2. The van der Waals surface area contributed by atoms with Crippen LogP contribution in [0.2, 0.25) is 0 Å². The lowest BCUT2D eigenvalue weighted by atomic mass is 10.1. The normalized spacial score (nSPS) is 10.9. The van der Waals surface area contributed by atoms with Crippen LogP contribution in [0, 0.1) is 0 Å². The fourth-order valence-electron chi connectivity index (χ4n) is 2.53. The predicted octanol–water partition coefficient (Wildman–Crippen LogP) is 2.66. The van der Waals surface area contributed by atoms with Gasteiger partial charge in [-0.15, -0.1) is 0 Å². The van der Waals surface area contributed by atoms with Crippen molar-refractivity contribution in [1.82, 2.24) is 9.97 Å². The highest BCUT2D eigenvalue weighted by Gasteiger charge is 2.13. The van der Waals surface area contributed by atoms with Crippen LogP contribution < -0.4 is 10.4 Å². The number of carbonyl (C=O) groups is 1. The summed E-state index contributed by atoms with van der Waals surface area (Å²) in [5.74, 6) is -0.474. The van der Waals surface area contributed by atoms with Crippen molar-refractivity contribution < 1.29 is 19.1 Å². The van der Waals surface area contributed by atoms with Gasteiger partial charge in [0.05, 0.1) is 11.6 Å². The molecule has 2 heterocycles. The molecule has 0 aliphatic rings. The summed E-state index contributed by atoms with van der Waals surface area (Å²) in [4.78, 5) is 31.8. The number of ether oxygens (including phenoxy) is 1. The third-order valence-electron chi connectivity index (χ3n) is 3.65. The Morgan fingerprint density at radius 2 is 1.88 bits per heavy atom. The summed E-state index contributed by atoms with van der Waals surface area (Å²) in [5, 5.41) is 11.1. The van der Waals surface area contributed by atoms with Crippen molar-refractivity contribution >= 4 is 27.7 Å². The van der Waals surface area contributed by atoms with E-state index < -0.39 is 11.6 Å². The van der Waals surface area contributed by atoms with Gasteiger partial charge in [0.25, 0.3) is 0 Å². The Morgan fingerprint density at radius 1 is 1.04 bits per heavy atom. The van der Waals surface area contributed by atoms with Gasteiger partial charge in [-0.1, -0.05) is 0 Å². The van der Waals surface area contributed by atoms with Gasteiger partial charge >= 0.3 is 11.6 Å². The molecule has 0 fully saturated rings. The molecule has 0 atom stereocenters. The molecule has 0 unspecified atom stereocenters. The van der Waals surface area contributed by atoms with Gasteiger partial charge in [-0.2, -0.15) is 0 Å². The van der Waals surface area contributed by atoms with E-state index in [9.17, 15) is 14.7 Å². The molecule has 0 amide bonds. The molecule has 0 saturated heterocycles. The Balaban J connectivity index is 1.78. The average Bonchev–Trinajstić information content (AvgIpc) is 2.62. The Morgan fingerprint density at radius 3 is 2.68 bits per heavy atom. The largest absolute Gasteiger partial charge is 0.508 e. The summed E-state index contributed by atoms with van der Waals surface area (Å²) in [6.45, 7) is 0. The molecule has 1 N–H and O–H groups in total. The molecule has 7 heteroatoms. The van der Waals surface area contributed by atoms with E-state index in [1.54, 1.807) is 18.2 Å². The number of esters is 1. The van der Waals surface area contributed by atoms with Crippen LogP contribution >= 0.6 is 0 Å². The number of hydrogen-bond acceptors (Lipinski definition) is 7. The molecule has 0 spiro atoms. The average molecular weight is 334 g/mol. The Bertz CT molecular complexity index is 1170. The van der Waals surface area contributed by atoms with Crippen LogP contribution in [-0.4, -0.2) is 21.0 Å². The number of hydrogen-bond donors (Lipinski definition) is 1. The molecule has 2 aromatic carbocycles. The van der Waals surface area contributed by atoms with Crippen molar-refractivity contribution in [3.63, 3.8) is 0 Å². The van der Waals surface area contributed by atoms with Gasteiger partial charge in [0, 0.05) is 29.2 Å². The number of benzene rings is 2. The van der Waals surface area contributed by atoms with Crippen LogP contribution in [-0.2, 0) is 0 Å². The van der Waals surface area contributed by atoms with Gasteiger partial charge in [-0.25, -0.2) is 14.6 Å². The third-order valence-corrected chi connectivity index (χ3v) is 3.65. The molecule has 0 bridgehead atoms. The minimum absolute atomic E-state index is 0.0197. The number of fused-ring (bicyclic) bond motifs is 3. The first-order valence-electron chi connectivity index (χ1n) is 7.29. The lowest BCUT2D eigenvalue weighted by Gasteiger charge is -2.06. The van der Waals surface area contributed by atoms with Crippen molar-refractivity contribution in [1.29, 1.82) is 0 Å². The van der Waals surface area contributed by atoms with Gasteiger partial charge in [-0.05, 0) is 30.3 Å². The summed E-state index contributed by atoms with van der Waals surface area (Å²) in [6.07, 6.45) is 4.13. The van der Waals surface area contributed by atoms with Gasteiger partial charge in [0.2, 0.25) is 0 Å². The molecule has 0 saturated carbocycles. The standard InChI is InChI=1S/C18H10N2O5/c21-10-1-3-12-13-4-2-11(8-16(13)25-17(22)14(12)7-10)24-18(23)15-9-19-5-6-20-15/h1-9,21H. The molecular weight excluding hydrogens is 324 g/mol. The first-order valence-corrected chi connectivity index (χ1v) is 7.29. The topological polar surface area (TPSA) is 103 Å². The summed E-state index contributed by atoms with van der Waals surface area (Å²) in [7, 11) is 0. The first-order chi connectivity index (χ1) is 12.1. The molecule has 25 heavy (non-hydrogen) atoms. The molecule has 4 rings (SSSR count). The number of aromatic hydroxyl groups is 1. The van der Waals surface area contributed by atoms with Crippen LogP contribution in [0.15, 0.2) is 64.2 Å². The summed E-state index contributed by atoms with van der Waals surface area (Å²) >= 11 is 0. The maximum Gasteiger partial charge on any atom is 0.363 e. The van der Waals surface area contributed by atoms with Crippen LogP contribution in [0.1, 0.15) is 10.5 Å². The molecule has 0 aliphatic carbocycles. The Hall–Kier alpha value is -3.74. The summed E-state index contributed by atoms with van der Waals surface area (Å²) in [6, 6.07) is 9.19.